The van der Waals surface area contributed by atoms with Crippen LogP contribution < -0.4 is 21.7 Å². The van der Waals surface area contributed by atoms with Crippen LogP contribution in [0.1, 0.15) is 20.3 Å². The van der Waals surface area contributed by atoms with Gasteiger partial charge in [-0.1, -0.05) is 0 Å². The highest BCUT2D eigenvalue weighted by Gasteiger charge is 2.28. The summed E-state index contributed by atoms with van der Waals surface area (Å²) in [7, 11) is 0. The van der Waals surface area contributed by atoms with E-state index < -0.39 is 54.5 Å². The van der Waals surface area contributed by atoms with Gasteiger partial charge in [0.05, 0.1) is 18.7 Å². The maximum absolute atomic E-state index is 12.1. The first-order valence-corrected chi connectivity index (χ1v) is 9.02. The number of amides is 3. The predicted octanol–water partition coefficient (Wildman–Crippen LogP) is -2.36. The van der Waals surface area contributed by atoms with Crippen LogP contribution in [0.2, 0.25) is 0 Å². The number of aliphatic hydroxyl groups excluding tert-OH is 1. The van der Waals surface area contributed by atoms with E-state index in [2.05, 4.69) is 16.0 Å². The van der Waals surface area contributed by atoms with Gasteiger partial charge in [-0.15, -0.1) is 0 Å². The van der Waals surface area contributed by atoms with E-state index in [9.17, 15) is 24.3 Å². The summed E-state index contributed by atoms with van der Waals surface area (Å²) in [6, 6.07) is -3.20. The molecule has 144 valence electrons. The molecule has 3 amide bonds. The average molecular weight is 378 g/mol. The molecule has 0 rings (SSSR count). The van der Waals surface area contributed by atoms with E-state index in [1.807, 2.05) is 6.26 Å². The number of aliphatic hydroxyl groups is 1. The number of carboxylic acid groups (broad SMARTS) is 1. The largest absolute Gasteiger partial charge is 0.480 e. The second-order valence-corrected chi connectivity index (χ2v) is 6.45. The molecule has 0 saturated heterocycles. The third-order valence-corrected chi connectivity index (χ3v) is 3.85. The second-order valence-electron chi connectivity index (χ2n) is 5.46. The van der Waals surface area contributed by atoms with Gasteiger partial charge in [-0.05, 0) is 32.3 Å². The van der Waals surface area contributed by atoms with E-state index >= 15 is 0 Å². The molecule has 0 aliphatic heterocycles. The van der Waals surface area contributed by atoms with E-state index in [4.69, 9.17) is 10.8 Å². The molecule has 0 aliphatic rings. The van der Waals surface area contributed by atoms with Crippen molar-refractivity contribution in [2.45, 2.75) is 44.5 Å². The Hall–Kier alpha value is -1.85. The van der Waals surface area contributed by atoms with Gasteiger partial charge in [0.1, 0.15) is 12.1 Å². The summed E-state index contributed by atoms with van der Waals surface area (Å²) >= 11 is 1.52. The van der Waals surface area contributed by atoms with Gasteiger partial charge in [-0.3, -0.25) is 19.2 Å². The first-order valence-electron chi connectivity index (χ1n) is 7.63. The first kappa shape index (κ1) is 23.1. The number of rotatable bonds is 11. The standard InChI is InChI=1S/C14H26N4O6S/c1-7(14(23)24)17-10(20)6-16-13(22)11(8(2)19)18-12(21)9(15)4-5-25-3/h7-9,11,19H,4-6,15H2,1-3H3,(H,16,22)(H,17,20)(H,18,21)(H,23,24). The van der Waals surface area contributed by atoms with Gasteiger partial charge in [0.15, 0.2) is 0 Å². The molecule has 4 unspecified atom stereocenters. The third kappa shape index (κ3) is 9.27. The minimum Gasteiger partial charge on any atom is -0.480 e. The van der Waals surface area contributed by atoms with Gasteiger partial charge in [0.2, 0.25) is 17.7 Å². The Balaban J connectivity index is 4.57. The molecule has 25 heavy (non-hydrogen) atoms. The molecule has 0 fully saturated rings. The van der Waals surface area contributed by atoms with Crippen molar-refractivity contribution in [1.82, 2.24) is 16.0 Å². The SMILES string of the molecule is CSCCC(N)C(=O)NC(C(=O)NCC(=O)NC(C)C(=O)O)C(C)O. The lowest BCUT2D eigenvalue weighted by molar-refractivity contribution is -0.141. The van der Waals surface area contributed by atoms with Crippen molar-refractivity contribution in [3.63, 3.8) is 0 Å². The summed E-state index contributed by atoms with van der Waals surface area (Å²) in [6.45, 7) is 2.09. The number of carbonyl (C=O) groups is 4. The molecule has 10 nitrogen and oxygen atoms in total. The Morgan fingerprint density at radius 3 is 2.20 bits per heavy atom. The Bertz CT molecular complexity index is 488. The molecule has 11 heteroatoms. The van der Waals surface area contributed by atoms with Crippen molar-refractivity contribution in [3.05, 3.63) is 0 Å². The van der Waals surface area contributed by atoms with Crippen LogP contribution in [0.25, 0.3) is 0 Å². The summed E-state index contributed by atoms with van der Waals surface area (Å²) in [5.41, 5.74) is 5.70. The van der Waals surface area contributed by atoms with Crippen LogP contribution in [0, 0.1) is 0 Å². The van der Waals surface area contributed by atoms with Crippen molar-refractivity contribution in [1.29, 1.82) is 0 Å². The molecule has 0 aromatic rings. The zero-order valence-corrected chi connectivity index (χ0v) is 15.3. The Morgan fingerprint density at radius 1 is 1.12 bits per heavy atom. The molecule has 0 saturated carbocycles. The highest BCUT2D eigenvalue weighted by molar-refractivity contribution is 7.98. The smallest absolute Gasteiger partial charge is 0.325 e. The van der Waals surface area contributed by atoms with Gasteiger partial charge in [-0.2, -0.15) is 11.8 Å². The fraction of sp³-hybridized carbons (Fsp3) is 0.714. The molecule has 7 N–H and O–H groups in total. The van der Waals surface area contributed by atoms with Crippen LogP contribution in [0.5, 0.6) is 0 Å². The lowest BCUT2D eigenvalue weighted by Crippen LogP contribution is -2.57. The van der Waals surface area contributed by atoms with Crippen LogP contribution in [-0.4, -0.2) is 76.7 Å². The molecule has 0 radical (unpaired) electrons. The molecular weight excluding hydrogens is 352 g/mol. The molecular formula is C14H26N4O6S. The van der Waals surface area contributed by atoms with Crippen LogP contribution in [0.4, 0.5) is 0 Å². The summed E-state index contributed by atoms with van der Waals surface area (Å²) in [4.78, 5) is 46.2. The molecule has 0 aliphatic carbocycles. The van der Waals surface area contributed by atoms with Crippen LogP contribution in [0.3, 0.4) is 0 Å². The zero-order valence-electron chi connectivity index (χ0n) is 14.4. The van der Waals surface area contributed by atoms with Gasteiger partial charge in [0, 0.05) is 0 Å². The number of thioether (sulfide) groups is 1. The maximum Gasteiger partial charge on any atom is 0.325 e. The number of carbonyl (C=O) groups excluding carboxylic acids is 3. The summed E-state index contributed by atoms with van der Waals surface area (Å²) in [5.74, 6) is -2.62. The minimum atomic E-state index is -1.28. The van der Waals surface area contributed by atoms with Crippen molar-refractivity contribution >= 4 is 35.5 Å². The number of aliphatic carboxylic acids is 1. The highest BCUT2D eigenvalue weighted by atomic mass is 32.2. The Labute approximate surface area is 150 Å². The molecule has 0 aromatic carbocycles. The van der Waals surface area contributed by atoms with Crippen molar-refractivity contribution in [2.75, 3.05) is 18.6 Å². The van der Waals surface area contributed by atoms with Gasteiger partial charge >= 0.3 is 5.97 Å². The molecule has 0 aromatic heterocycles. The molecule has 4 atom stereocenters. The van der Waals surface area contributed by atoms with E-state index in [-0.39, 0.29) is 0 Å². The summed E-state index contributed by atoms with van der Waals surface area (Å²) in [5, 5.41) is 25.1. The topological polar surface area (TPSA) is 171 Å². The lowest BCUT2D eigenvalue weighted by atomic mass is 10.1. The number of hydrogen-bond donors (Lipinski definition) is 6. The molecule has 0 spiro atoms. The number of nitrogens with two attached hydrogens (primary N) is 1. The van der Waals surface area contributed by atoms with E-state index in [0.717, 1.165) is 0 Å². The predicted molar refractivity (Wildman–Crippen MR) is 92.8 cm³/mol. The Morgan fingerprint density at radius 2 is 1.72 bits per heavy atom. The molecule has 0 heterocycles. The molecule has 0 bridgehead atoms. The average Bonchev–Trinajstić information content (AvgIpc) is 2.54. The first-order chi connectivity index (χ1) is 11.6. The second kappa shape index (κ2) is 11.7. The normalized spacial score (nSPS) is 15.4. The van der Waals surface area contributed by atoms with Crippen molar-refractivity contribution < 1.29 is 29.4 Å². The maximum atomic E-state index is 12.1. The van der Waals surface area contributed by atoms with Gasteiger partial charge < -0.3 is 31.9 Å². The van der Waals surface area contributed by atoms with Gasteiger partial charge in [0.25, 0.3) is 0 Å². The summed E-state index contributed by atoms with van der Waals surface area (Å²) in [6.07, 6.45) is 1.07. The zero-order chi connectivity index (χ0) is 19.6. The lowest BCUT2D eigenvalue weighted by Gasteiger charge is -2.22. The van der Waals surface area contributed by atoms with Crippen molar-refractivity contribution in [2.24, 2.45) is 5.73 Å². The van der Waals surface area contributed by atoms with E-state index in [1.54, 1.807) is 0 Å². The van der Waals surface area contributed by atoms with Crippen LogP contribution in [0.15, 0.2) is 0 Å². The van der Waals surface area contributed by atoms with E-state index in [1.165, 1.54) is 25.6 Å². The van der Waals surface area contributed by atoms with Crippen LogP contribution >= 0.6 is 11.8 Å². The van der Waals surface area contributed by atoms with E-state index in [0.29, 0.717) is 12.2 Å². The van der Waals surface area contributed by atoms with Crippen molar-refractivity contribution in [3.8, 4) is 0 Å². The fourth-order valence-electron chi connectivity index (χ4n) is 1.67. The number of carboxylic acids is 1. The third-order valence-electron chi connectivity index (χ3n) is 3.20. The minimum absolute atomic E-state index is 0.413. The quantitative estimate of drug-likeness (QED) is 0.232. The highest BCUT2D eigenvalue weighted by Crippen LogP contribution is 2.00. The number of nitrogens with one attached hydrogen (secondary N) is 3. The van der Waals surface area contributed by atoms with Gasteiger partial charge in [-0.25, -0.2) is 0 Å². The summed E-state index contributed by atoms with van der Waals surface area (Å²) < 4.78 is 0. The fourth-order valence-corrected chi connectivity index (χ4v) is 2.16. The monoisotopic (exact) mass is 378 g/mol. The number of hydrogen-bond acceptors (Lipinski definition) is 7. The Kier molecular flexibility index (Phi) is 10.8. The van der Waals surface area contributed by atoms with Crippen LogP contribution in [-0.2, 0) is 19.2 Å².